The number of carbonyl (C=O) groups is 2. The van der Waals surface area contributed by atoms with E-state index in [-0.39, 0.29) is 24.0 Å². The first-order valence-electron chi connectivity index (χ1n) is 7.10. The van der Waals surface area contributed by atoms with E-state index < -0.39 is 11.8 Å². The molecule has 7 nitrogen and oxygen atoms in total. The Hall–Kier alpha value is -2.64. The van der Waals surface area contributed by atoms with Crippen molar-refractivity contribution in [3.8, 4) is 17.2 Å². The molecule has 0 aromatic heterocycles. The number of amides is 2. The standard InChI is InChI=1S/C16H12Cl2N2O5/c17-10-3-1-2-4-12(10)23-7-14(21)19-20-16(22)9-5-11(18)15-13(6-9)24-8-25-15/h1-6H,7-8H2,(H,19,21)(H,20,22). The van der Waals surface area contributed by atoms with Crippen LogP contribution in [-0.4, -0.2) is 25.2 Å². The van der Waals surface area contributed by atoms with Crippen molar-refractivity contribution >= 4 is 35.0 Å². The number of nitrogens with one attached hydrogen (secondary N) is 2. The number of para-hydroxylation sites is 1. The zero-order valence-corrected chi connectivity index (χ0v) is 14.2. The number of halogens is 2. The van der Waals surface area contributed by atoms with E-state index in [1.807, 2.05) is 0 Å². The lowest BCUT2D eigenvalue weighted by Crippen LogP contribution is -2.43. The first-order chi connectivity index (χ1) is 12.0. The van der Waals surface area contributed by atoms with E-state index in [1.54, 1.807) is 24.3 Å². The van der Waals surface area contributed by atoms with Crippen LogP contribution in [-0.2, 0) is 4.79 Å². The third-order valence-electron chi connectivity index (χ3n) is 3.20. The molecule has 2 N–H and O–H groups in total. The minimum atomic E-state index is -0.564. The van der Waals surface area contributed by atoms with Gasteiger partial charge in [-0.05, 0) is 24.3 Å². The highest BCUT2D eigenvalue weighted by molar-refractivity contribution is 6.33. The molecule has 0 atom stereocenters. The summed E-state index contributed by atoms with van der Waals surface area (Å²) in [4.78, 5) is 23.8. The number of hydrazine groups is 1. The lowest BCUT2D eigenvalue weighted by molar-refractivity contribution is -0.123. The molecule has 130 valence electrons. The smallest absolute Gasteiger partial charge is 0.276 e. The quantitative estimate of drug-likeness (QED) is 0.793. The lowest BCUT2D eigenvalue weighted by Gasteiger charge is -2.10. The van der Waals surface area contributed by atoms with Gasteiger partial charge in [-0.25, -0.2) is 0 Å². The fourth-order valence-corrected chi connectivity index (χ4v) is 2.49. The number of ether oxygens (including phenoxy) is 3. The summed E-state index contributed by atoms with van der Waals surface area (Å²) in [5, 5.41) is 0.628. The topological polar surface area (TPSA) is 85.9 Å². The zero-order chi connectivity index (χ0) is 17.8. The maximum absolute atomic E-state index is 12.1. The Morgan fingerprint density at radius 3 is 2.68 bits per heavy atom. The second-order valence-corrected chi connectivity index (χ2v) is 5.73. The highest BCUT2D eigenvalue weighted by atomic mass is 35.5. The van der Waals surface area contributed by atoms with Crippen molar-refractivity contribution in [2.45, 2.75) is 0 Å². The minimum Gasteiger partial charge on any atom is -0.482 e. The number of hydrogen-bond acceptors (Lipinski definition) is 5. The van der Waals surface area contributed by atoms with E-state index in [9.17, 15) is 9.59 Å². The Morgan fingerprint density at radius 2 is 1.88 bits per heavy atom. The predicted octanol–water partition coefficient (Wildman–Crippen LogP) is 2.56. The molecule has 1 aliphatic rings. The SMILES string of the molecule is O=C(COc1ccccc1Cl)NNC(=O)c1cc(Cl)c2c(c1)OCO2. The van der Waals surface area contributed by atoms with Crippen LogP contribution in [0.1, 0.15) is 10.4 Å². The molecule has 0 saturated heterocycles. The van der Waals surface area contributed by atoms with Gasteiger partial charge in [-0.3, -0.25) is 20.4 Å². The van der Waals surface area contributed by atoms with Gasteiger partial charge in [-0.15, -0.1) is 0 Å². The van der Waals surface area contributed by atoms with Crippen LogP contribution in [0.3, 0.4) is 0 Å². The van der Waals surface area contributed by atoms with Crippen LogP contribution in [0, 0.1) is 0 Å². The number of carbonyl (C=O) groups excluding carboxylic acids is 2. The molecule has 2 aromatic rings. The van der Waals surface area contributed by atoms with Gasteiger partial charge in [0.2, 0.25) is 6.79 Å². The van der Waals surface area contributed by atoms with E-state index in [0.29, 0.717) is 22.3 Å². The number of hydrogen-bond donors (Lipinski definition) is 2. The summed E-state index contributed by atoms with van der Waals surface area (Å²) in [6, 6.07) is 9.62. The van der Waals surface area contributed by atoms with Gasteiger partial charge in [0.05, 0.1) is 10.0 Å². The van der Waals surface area contributed by atoms with Crippen molar-refractivity contribution in [1.29, 1.82) is 0 Å². The fourth-order valence-electron chi connectivity index (χ4n) is 2.04. The van der Waals surface area contributed by atoms with E-state index in [2.05, 4.69) is 10.9 Å². The summed E-state index contributed by atoms with van der Waals surface area (Å²) in [6.07, 6.45) is 0. The monoisotopic (exact) mass is 382 g/mol. The maximum Gasteiger partial charge on any atom is 0.276 e. The third-order valence-corrected chi connectivity index (χ3v) is 3.79. The molecule has 3 rings (SSSR count). The normalized spacial score (nSPS) is 11.8. The molecule has 0 spiro atoms. The number of rotatable bonds is 4. The molecule has 1 aliphatic heterocycles. The molecule has 1 heterocycles. The van der Waals surface area contributed by atoms with Crippen molar-refractivity contribution in [3.05, 3.63) is 52.0 Å². The molecular weight excluding hydrogens is 371 g/mol. The second kappa shape index (κ2) is 7.50. The van der Waals surface area contributed by atoms with Crippen LogP contribution in [0.25, 0.3) is 0 Å². The Balaban J connectivity index is 1.53. The van der Waals surface area contributed by atoms with Crippen molar-refractivity contribution < 1.29 is 23.8 Å². The first kappa shape index (κ1) is 17.2. The third kappa shape index (κ3) is 4.07. The van der Waals surface area contributed by atoms with Crippen molar-refractivity contribution in [1.82, 2.24) is 10.9 Å². The molecule has 0 aliphatic carbocycles. The maximum atomic E-state index is 12.1. The zero-order valence-electron chi connectivity index (χ0n) is 12.7. The predicted molar refractivity (Wildman–Crippen MR) is 90.1 cm³/mol. The Labute approximate surface area is 152 Å². The van der Waals surface area contributed by atoms with Gasteiger partial charge in [0, 0.05) is 5.56 Å². The van der Waals surface area contributed by atoms with Crippen LogP contribution >= 0.6 is 23.2 Å². The number of fused-ring (bicyclic) bond motifs is 1. The number of benzene rings is 2. The van der Waals surface area contributed by atoms with Gasteiger partial charge in [0.25, 0.3) is 11.8 Å². The van der Waals surface area contributed by atoms with Crippen LogP contribution in [0.5, 0.6) is 17.2 Å². The van der Waals surface area contributed by atoms with E-state index in [1.165, 1.54) is 12.1 Å². The largest absolute Gasteiger partial charge is 0.482 e. The summed E-state index contributed by atoms with van der Waals surface area (Å²) in [6.45, 7) is -0.276. The summed E-state index contributed by atoms with van der Waals surface area (Å²) < 4.78 is 15.6. The van der Waals surface area contributed by atoms with Crippen LogP contribution in [0.15, 0.2) is 36.4 Å². The minimum absolute atomic E-state index is 0.0379. The van der Waals surface area contributed by atoms with E-state index in [4.69, 9.17) is 37.4 Å². The molecule has 0 unspecified atom stereocenters. The molecule has 0 radical (unpaired) electrons. The molecule has 0 saturated carbocycles. The van der Waals surface area contributed by atoms with Crippen LogP contribution in [0.4, 0.5) is 0 Å². The van der Waals surface area contributed by atoms with Crippen molar-refractivity contribution in [2.24, 2.45) is 0 Å². The average molecular weight is 383 g/mol. The van der Waals surface area contributed by atoms with E-state index in [0.717, 1.165) is 0 Å². The highest BCUT2D eigenvalue weighted by Crippen LogP contribution is 2.39. The van der Waals surface area contributed by atoms with Gasteiger partial charge in [-0.2, -0.15) is 0 Å². The summed E-state index contributed by atoms with van der Waals surface area (Å²) in [5.74, 6) is 0.000945. The molecule has 0 fully saturated rings. The molecule has 0 bridgehead atoms. The molecule has 9 heteroatoms. The lowest BCUT2D eigenvalue weighted by atomic mass is 10.2. The second-order valence-electron chi connectivity index (χ2n) is 4.91. The molecule has 25 heavy (non-hydrogen) atoms. The Kier molecular flexibility index (Phi) is 5.16. The Bertz CT molecular complexity index is 828. The van der Waals surface area contributed by atoms with Crippen LogP contribution < -0.4 is 25.1 Å². The summed E-state index contributed by atoms with van der Waals surface area (Å²) in [5.41, 5.74) is 4.71. The van der Waals surface area contributed by atoms with Gasteiger partial charge in [0.1, 0.15) is 5.75 Å². The van der Waals surface area contributed by atoms with Gasteiger partial charge >= 0.3 is 0 Å². The van der Waals surface area contributed by atoms with Crippen molar-refractivity contribution in [2.75, 3.05) is 13.4 Å². The van der Waals surface area contributed by atoms with Gasteiger partial charge < -0.3 is 14.2 Å². The van der Waals surface area contributed by atoms with Gasteiger partial charge in [-0.1, -0.05) is 35.3 Å². The summed E-state index contributed by atoms with van der Waals surface area (Å²) >= 11 is 11.9. The van der Waals surface area contributed by atoms with E-state index >= 15 is 0 Å². The fraction of sp³-hybridized carbons (Fsp3) is 0.125. The highest BCUT2D eigenvalue weighted by Gasteiger charge is 2.20. The Morgan fingerprint density at radius 1 is 1.08 bits per heavy atom. The van der Waals surface area contributed by atoms with Gasteiger partial charge in [0.15, 0.2) is 18.1 Å². The summed E-state index contributed by atoms with van der Waals surface area (Å²) in [7, 11) is 0. The molecule has 2 aromatic carbocycles. The first-order valence-corrected chi connectivity index (χ1v) is 7.86. The van der Waals surface area contributed by atoms with Crippen molar-refractivity contribution in [3.63, 3.8) is 0 Å². The molecular formula is C16H12Cl2N2O5. The molecule has 2 amide bonds. The average Bonchev–Trinajstić information content (AvgIpc) is 3.08. The van der Waals surface area contributed by atoms with Crippen LogP contribution in [0.2, 0.25) is 10.0 Å².